The number of hydrogen-bond donors (Lipinski definition) is 1. The summed E-state index contributed by atoms with van der Waals surface area (Å²) in [6, 6.07) is 0. The largest absolute Gasteiger partial charge is 0.175 e. The Morgan fingerprint density at radius 2 is 1.82 bits per heavy atom. The van der Waals surface area contributed by atoms with Crippen molar-refractivity contribution in [3.63, 3.8) is 0 Å². The maximum Gasteiger partial charge on any atom is 0.00760 e. The zero-order valence-corrected chi connectivity index (χ0v) is 8.35. The molecular formula is C10H18S. The zero-order chi connectivity index (χ0) is 8.01. The van der Waals surface area contributed by atoms with E-state index in [1.807, 2.05) is 0 Å². The lowest BCUT2D eigenvalue weighted by Gasteiger charge is -2.50. The summed E-state index contributed by atoms with van der Waals surface area (Å²) in [5.74, 6) is 3.82. The fourth-order valence-electron chi connectivity index (χ4n) is 2.80. The average Bonchev–Trinajstić information content (AvgIpc) is 1.84. The summed E-state index contributed by atoms with van der Waals surface area (Å²) in [6.07, 6.45) is 4.43. The molecule has 0 spiro atoms. The fraction of sp³-hybridized carbons (Fsp3) is 1.00. The fourth-order valence-corrected chi connectivity index (χ4v) is 3.51. The van der Waals surface area contributed by atoms with E-state index in [1.54, 1.807) is 0 Å². The predicted molar refractivity (Wildman–Crippen MR) is 51.9 cm³/mol. The first kappa shape index (κ1) is 7.97. The van der Waals surface area contributed by atoms with E-state index >= 15 is 0 Å². The molecular weight excluding hydrogens is 152 g/mol. The molecule has 3 aliphatic rings. The van der Waals surface area contributed by atoms with Gasteiger partial charge in [-0.05, 0) is 42.9 Å². The first-order chi connectivity index (χ1) is 5.18. The highest BCUT2D eigenvalue weighted by Crippen LogP contribution is 2.52. The second-order valence-electron chi connectivity index (χ2n) is 4.73. The van der Waals surface area contributed by atoms with Crippen molar-refractivity contribution in [2.45, 2.75) is 38.4 Å². The molecule has 2 atom stereocenters. The molecule has 0 aliphatic heterocycles. The van der Waals surface area contributed by atoms with Gasteiger partial charge in [0, 0.05) is 5.25 Å². The van der Waals surface area contributed by atoms with Crippen LogP contribution in [0.5, 0.6) is 0 Å². The van der Waals surface area contributed by atoms with Crippen molar-refractivity contribution in [2.24, 2.45) is 23.7 Å². The first-order valence-electron chi connectivity index (χ1n) is 4.86. The Kier molecular flexibility index (Phi) is 1.95. The Balaban J connectivity index is 2.01. The van der Waals surface area contributed by atoms with E-state index in [0.717, 1.165) is 28.9 Å². The molecule has 1 unspecified atom stereocenters. The molecule has 11 heavy (non-hydrogen) atoms. The second kappa shape index (κ2) is 2.69. The molecule has 2 bridgehead atoms. The van der Waals surface area contributed by atoms with Crippen molar-refractivity contribution in [2.75, 3.05) is 0 Å². The van der Waals surface area contributed by atoms with Gasteiger partial charge in [-0.1, -0.05) is 13.8 Å². The van der Waals surface area contributed by atoms with Crippen LogP contribution in [0.15, 0.2) is 0 Å². The van der Waals surface area contributed by atoms with E-state index < -0.39 is 0 Å². The number of rotatable bonds is 1. The third-order valence-electron chi connectivity index (χ3n) is 3.66. The highest BCUT2D eigenvalue weighted by Gasteiger charge is 2.44. The minimum atomic E-state index is 0.722. The minimum absolute atomic E-state index is 0.722. The van der Waals surface area contributed by atoms with Crippen LogP contribution in [0.2, 0.25) is 0 Å². The van der Waals surface area contributed by atoms with Crippen LogP contribution in [0.1, 0.15) is 33.1 Å². The standard InChI is InChI=1S/C10H18S/c1-6(2)9-5-7-3-8(4-7)10(9)11/h6-11H,3-5H2,1-2H3/t7-,8+,9?,10-/m0/s1. The van der Waals surface area contributed by atoms with Crippen LogP contribution in [0.4, 0.5) is 0 Å². The molecule has 1 heteroatoms. The van der Waals surface area contributed by atoms with Gasteiger partial charge >= 0.3 is 0 Å². The Hall–Kier alpha value is 0.350. The Morgan fingerprint density at radius 1 is 1.18 bits per heavy atom. The molecule has 64 valence electrons. The predicted octanol–water partition coefficient (Wildman–Crippen LogP) is 2.99. The van der Waals surface area contributed by atoms with Crippen molar-refractivity contribution in [3.8, 4) is 0 Å². The molecule has 3 fully saturated rings. The Labute approximate surface area is 75.2 Å². The van der Waals surface area contributed by atoms with E-state index in [2.05, 4.69) is 13.8 Å². The van der Waals surface area contributed by atoms with Crippen LogP contribution in [0, 0.1) is 23.7 Å². The van der Waals surface area contributed by atoms with Gasteiger partial charge in [-0.3, -0.25) is 0 Å². The Morgan fingerprint density at radius 3 is 2.18 bits per heavy atom. The van der Waals surface area contributed by atoms with Gasteiger partial charge in [-0.2, -0.15) is 12.6 Å². The third-order valence-corrected chi connectivity index (χ3v) is 4.46. The van der Waals surface area contributed by atoms with Crippen molar-refractivity contribution < 1.29 is 0 Å². The van der Waals surface area contributed by atoms with Crippen LogP contribution in [-0.4, -0.2) is 5.25 Å². The number of thiol groups is 1. The molecule has 0 nitrogen and oxygen atoms in total. The molecule has 3 saturated carbocycles. The van der Waals surface area contributed by atoms with E-state index in [1.165, 1.54) is 19.3 Å². The maximum atomic E-state index is 4.73. The molecule has 0 saturated heterocycles. The summed E-state index contributed by atoms with van der Waals surface area (Å²) in [5.41, 5.74) is 0. The molecule has 0 heterocycles. The summed E-state index contributed by atoms with van der Waals surface area (Å²) in [4.78, 5) is 0. The molecule has 0 aromatic heterocycles. The topological polar surface area (TPSA) is 0 Å². The quantitative estimate of drug-likeness (QED) is 0.575. The van der Waals surface area contributed by atoms with Crippen molar-refractivity contribution in [1.82, 2.24) is 0 Å². The highest BCUT2D eigenvalue weighted by atomic mass is 32.1. The highest BCUT2D eigenvalue weighted by molar-refractivity contribution is 7.81. The van der Waals surface area contributed by atoms with Gasteiger partial charge in [0.2, 0.25) is 0 Å². The van der Waals surface area contributed by atoms with Crippen LogP contribution in [0.25, 0.3) is 0 Å². The van der Waals surface area contributed by atoms with Gasteiger partial charge in [0.05, 0.1) is 0 Å². The van der Waals surface area contributed by atoms with E-state index in [4.69, 9.17) is 12.6 Å². The summed E-state index contributed by atoms with van der Waals surface area (Å²) < 4.78 is 0. The van der Waals surface area contributed by atoms with Crippen LogP contribution < -0.4 is 0 Å². The van der Waals surface area contributed by atoms with Crippen LogP contribution in [-0.2, 0) is 0 Å². The molecule has 3 rings (SSSR count). The van der Waals surface area contributed by atoms with Gasteiger partial charge in [0.1, 0.15) is 0 Å². The SMILES string of the molecule is CC(C)C1C[C@H]2C[C@H](C2)[C@@H]1S. The van der Waals surface area contributed by atoms with Crippen molar-refractivity contribution >= 4 is 12.6 Å². The average molecular weight is 170 g/mol. The molecule has 0 aromatic carbocycles. The lowest BCUT2D eigenvalue weighted by Crippen LogP contribution is -2.44. The van der Waals surface area contributed by atoms with E-state index in [0.29, 0.717) is 0 Å². The van der Waals surface area contributed by atoms with E-state index in [-0.39, 0.29) is 0 Å². The lowest BCUT2D eigenvalue weighted by molar-refractivity contribution is 0.0563. The second-order valence-corrected chi connectivity index (χ2v) is 5.33. The molecule has 0 aromatic rings. The smallest absolute Gasteiger partial charge is 0.00760 e. The number of fused-ring (bicyclic) bond motifs is 2. The molecule has 0 N–H and O–H groups in total. The van der Waals surface area contributed by atoms with Gasteiger partial charge < -0.3 is 0 Å². The molecule has 0 amide bonds. The van der Waals surface area contributed by atoms with Gasteiger partial charge in [0.25, 0.3) is 0 Å². The summed E-state index contributed by atoms with van der Waals surface area (Å²) in [5, 5.41) is 0.722. The lowest BCUT2D eigenvalue weighted by atomic mass is 9.59. The zero-order valence-electron chi connectivity index (χ0n) is 7.46. The Bertz CT molecular complexity index is 147. The normalized spacial score (nSPS) is 49.1. The van der Waals surface area contributed by atoms with Crippen molar-refractivity contribution in [1.29, 1.82) is 0 Å². The monoisotopic (exact) mass is 170 g/mol. The van der Waals surface area contributed by atoms with Crippen molar-refractivity contribution in [3.05, 3.63) is 0 Å². The number of hydrogen-bond acceptors (Lipinski definition) is 1. The maximum absolute atomic E-state index is 4.73. The first-order valence-corrected chi connectivity index (χ1v) is 5.38. The minimum Gasteiger partial charge on any atom is -0.175 e. The third kappa shape index (κ3) is 1.22. The molecule has 3 aliphatic carbocycles. The summed E-state index contributed by atoms with van der Waals surface area (Å²) in [7, 11) is 0. The summed E-state index contributed by atoms with van der Waals surface area (Å²) >= 11 is 4.73. The van der Waals surface area contributed by atoms with Gasteiger partial charge in [-0.25, -0.2) is 0 Å². The summed E-state index contributed by atoms with van der Waals surface area (Å²) in [6.45, 7) is 4.69. The van der Waals surface area contributed by atoms with Gasteiger partial charge in [0.15, 0.2) is 0 Å². The van der Waals surface area contributed by atoms with Crippen LogP contribution in [0.3, 0.4) is 0 Å². The van der Waals surface area contributed by atoms with E-state index in [9.17, 15) is 0 Å². The molecule has 0 radical (unpaired) electrons. The van der Waals surface area contributed by atoms with Crippen LogP contribution >= 0.6 is 12.6 Å². The van der Waals surface area contributed by atoms with Gasteiger partial charge in [-0.15, -0.1) is 0 Å².